The number of aryl methyl sites for hydroxylation is 4. The van der Waals surface area contributed by atoms with Crippen LogP contribution in [0.5, 0.6) is 0 Å². The van der Waals surface area contributed by atoms with Crippen molar-refractivity contribution in [1.29, 1.82) is 0 Å². The quantitative estimate of drug-likeness (QED) is 0.0486. The first kappa shape index (κ1) is 56.2. The van der Waals surface area contributed by atoms with Crippen LogP contribution in [0.1, 0.15) is 46.0 Å². The van der Waals surface area contributed by atoms with Crippen molar-refractivity contribution in [2.24, 2.45) is 0 Å². The summed E-state index contributed by atoms with van der Waals surface area (Å²) < 4.78 is 36.3. The first-order chi connectivity index (χ1) is 33.7. The second kappa shape index (κ2) is 26.7. The van der Waals surface area contributed by atoms with Gasteiger partial charge in [0.05, 0.1) is 16.5 Å². The number of carboxylic acids is 2. The molecule has 1 aliphatic heterocycles. The molecule has 5 rings (SSSR count). The minimum absolute atomic E-state index is 0.0210. The molecule has 7 N–H and O–H groups in total. The van der Waals surface area contributed by atoms with E-state index >= 15 is 0 Å². The first-order valence-corrected chi connectivity index (χ1v) is 25.8. The van der Waals surface area contributed by atoms with Gasteiger partial charge in [-0.15, -0.1) is 0 Å². The fourth-order valence-corrected chi connectivity index (χ4v) is 10.3. The third-order valence-corrected chi connectivity index (χ3v) is 14.4. The number of benzene rings is 2. The van der Waals surface area contributed by atoms with E-state index in [2.05, 4.69) is 30.6 Å². The van der Waals surface area contributed by atoms with Gasteiger partial charge in [0.2, 0.25) is 15.5 Å². The summed E-state index contributed by atoms with van der Waals surface area (Å²) in [6.45, 7) is 8.50. The molecule has 23 nitrogen and oxygen atoms in total. The Morgan fingerprint density at radius 3 is 1.94 bits per heavy atom. The molecule has 2 aromatic carbocycles. The molecule has 4 aromatic rings. The Morgan fingerprint density at radius 2 is 1.41 bits per heavy atom. The maximum absolute atomic E-state index is 14.0. The largest absolute Gasteiger partial charge is 0.352 e. The number of carboxylic acid groups (broad SMARTS) is 2. The molecule has 1 aliphatic rings. The van der Waals surface area contributed by atoms with Crippen molar-refractivity contribution in [2.75, 3.05) is 96.9 Å². The number of pyridine rings is 1. The van der Waals surface area contributed by atoms with Crippen LogP contribution < -0.4 is 26.1 Å². The number of imidazole rings is 1. The predicted molar refractivity (Wildman–Crippen MR) is 262 cm³/mol. The molecule has 1 saturated heterocycles. The van der Waals surface area contributed by atoms with Crippen molar-refractivity contribution in [1.82, 2.24) is 49.5 Å². The maximum atomic E-state index is 14.0. The summed E-state index contributed by atoms with van der Waals surface area (Å²) in [5.41, 5.74) is 2.32. The number of hydrogen-bond acceptors (Lipinski definition) is 16. The number of nitrogens with one attached hydrogen (secondary N) is 5. The number of amides is 2. The van der Waals surface area contributed by atoms with Crippen LogP contribution in [0.4, 0.5) is 5.95 Å². The number of aliphatic carboxylic acids is 2. The SMILES string of the molecule is CC(=O)[C@H](CNC(=O)c1cn(CCCNC(=O)CN2CCN(CC(=O)O)CCN(CC(=O)O)CCN(CC(=O)[O][In])CC2)c2cc(CNc3ncc[nH]3)ccc2c1=O)NS(=O)(=O)c1c(C)cc(C)cc1C. The van der Waals surface area contributed by atoms with Crippen LogP contribution in [0.25, 0.3) is 10.9 Å². The van der Waals surface area contributed by atoms with Crippen LogP contribution in [0.2, 0.25) is 0 Å². The van der Waals surface area contributed by atoms with Crippen molar-refractivity contribution < 1.29 is 50.3 Å². The van der Waals surface area contributed by atoms with E-state index in [4.69, 9.17) is 2.85 Å². The fourth-order valence-electron chi connectivity index (χ4n) is 8.39. The van der Waals surface area contributed by atoms with Crippen LogP contribution in [0.3, 0.4) is 0 Å². The Morgan fingerprint density at radius 1 is 0.831 bits per heavy atom. The molecule has 3 heterocycles. The van der Waals surface area contributed by atoms with E-state index < -0.39 is 57.6 Å². The van der Waals surface area contributed by atoms with E-state index in [-0.39, 0.29) is 105 Å². The molecule has 25 heteroatoms. The Labute approximate surface area is 426 Å². The molecule has 2 aromatic heterocycles. The summed E-state index contributed by atoms with van der Waals surface area (Å²) in [6.07, 6.45) is 5.02. The zero-order valence-electron chi connectivity index (χ0n) is 40.4. The molecule has 1 atom stereocenters. The summed E-state index contributed by atoms with van der Waals surface area (Å²) in [5.74, 6) is -3.66. The van der Waals surface area contributed by atoms with Gasteiger partial charge >= 0.3 is 187 Å². The van der Waals surface area contributed by atoms with E-state index in [9.17, 15) is 52.2 Å². The summed E-state index contributed by atoms with van der Waals surface area (Å²) in [4.78, 5) is 104. The Bertz CT molecular complexity index is 2700. The average molecular weight is 1110 g/mol. The van der Waals surface area contributed by atoms with Crippen LogP contribution in [-0.2, 0) is 49.9 Å². The molecule has 0 aliphatic carbocycles. The number of anilines is 1. The second-order valence-corrected chi connectivity index (χ2v) is 19.8. The molecule has 0 spiro atoms. The maximum Gasteiger partial charge on any atom is 0.241 e. The number of hydrogen-bond donors (Lipinski definition) is 7. The number of H-pyrrole nitrogens is 1. The molecular formula is C46H62InN11O12S. The summed E-state index contributed by atoms with van der Waals surface area (Å²) >= 11 is 0.277. The monoisotopic (exact) mass is 1110 g/mol. The number of nitrogens with zero attached hydrogens (tertiary/aromatic N) is 6. The fraction of sp³-hybridized carbons (Fsp3) is 0.478. The predicted octanol–water partition coefficient (Wildman–Crippen LogP) is -0.548. The molecule has 2 amide bonds. The second-order valence-electron chi connectivity index (χ2n) is 17.5. The minimum atomic E-state index is -4.20. The zero-order valence-corrected chi connectivity index (χ0v) is 44.5. The number of Topliss-reactive ketones (excluding diaryl/α,β-unsaturated/α-hetero) is 1. The Hall–Kier alpha value is -5.70. The number of fused-ring (bicyclic) bond motifs is 1. The van der Waals surface area contributed by atoms with E-state index in [0.29, 0.717) is 68.3 Å². The Balaban J connectivity index is 1.31. The van der Waals surface area contributed by atoms with Gasteiger partial charge in [-0.3, -0.25) is 19.2 Å². The van der Waals surface area contributed by atoms with E-state index in [0.717, 1.165) is 11.1 Å². The average Bonchev–Trinajstić information content (AvgIpc) is 3.83. The topological polar surface area (TPSA) is 298 Å². The van der Waals surface area contributed by atoms with E-state index in [1.807, 2.05) is 22.8 Å². The van der Waals surface area contributed by atoms with Crippen LogP contribution in [-0.4, -0.2) is 211 Å². The first-order valence-electron chi connectivity index (χ1n) is 23.0. The van der Waals surface area contributed by atoms with Gasteiger partial charge in [-0.25, -0.2) is 13.4 Å². The van der Waals surface area contributed by atoms with Gasteiger partial charge in [-0.05, 0) is 56.5 Å². The van der Waals surface area contributed by atoms with Gasteiger partial charge in [-0.2, -0.15) is 4.72 Å². The van der Waals surface area contributed by atoms with Gasteiger partial charge in [0, 0.05) is 43.6 Å². The van der Waals surface area contributed by atoms with Crippen LogP contribution >= 0.6 is 0 Å². The van der Waals surface area contributed by atoms with Crippen LogP contribution in [0.15, 0.2) is 58.6 Å². The van der Waals surface area contributed by atoms with Crippen molar-refractivity contribution in [3.63, 3.8) is 0 Å². The van der Waals surface area contributed by atoms with Crippen molar-refractivity contribution in [3.05, 3.63) is 87.0 Å². The van der Waals surface area contributed by atoms with Gasteiger partial charge in [0.25, 0.3) is 5.91 Å². The number of aromatic nitrogens is 3. The van der Waals surface area contributed by atoms with E-state index in [1.54, 1.807) is 64.9 Å². The van der Waals surface area contributed by atoms with Gasteiger partial charge < -0.3 is 25.3 Å². The third kappa shape index (κ3) is 17.2. The standard InChI is InChI=1S/C46H63N11O12S.In/c1-30-20-31(2)44(32(3)21-30)70(68,69)52-37(33(4)58)24-50-45(67)36-25-57(38-22-34(6-7-35(38)43(36)66)23-51-46-48-9-10-49-46)11-5-8-47-39(59)26-53-12-14-54(27-40(60)61)16-18-56(29-42(64)65)19-17-55(15-13-53)28-41(62)63;/h6-7,9-10,20-22,25,37,52H,5,8,11-19,23-24,26-29H2,1-4H3,(H,47,59)(H,50,67)(H,60,61)(H,62,63)(H,64,65)(H2,48,49,51);/q;+1/p-1/t37-;/m0./s1. The van der Waals surface area contributed by atoms with E-state index in [1.165, 1.54) is 13.1 Å². The number of carbonyl (C=O) groups excluding carboxylic acids is 4. The molecule has 71 heavy (non-hydrogen) atoms. The molecule has 2 radical (unpaired) electrons. The van der Waals surface area contributed by atoms with Crippen molar-refractivity contribution in [2.45, 2.75) is 58.1 Å². The van der Waals surface area contributed by atoms with Crippen molar-refractivity contribution in [3.8, 4) is 0 Å². The molecular weight excluding hydrogens is 1050 g/mol. The number of carbonyl (C=O) groups is 6. The summed E-state index contributed by atoms with van der Waals surface area (Å²) in [5, 5.41) is 28.0. The zero-order chi connectivity index (χ0) is 51.8. The number of ketones is 1. The normalized spacial score (nSPS) is 15.3. The molecule has 382 valence electrons. The molecule has 0 bridgehead atoms. The summed E-state index contributed by atoms with van der Waals surface area (Å²) in [6, 6.07) is 7.25. The summed E-state index contributed by atoms with van der Waals surface area (Å²) in [7, 11) is -4.20. The third-order valence-electron chi connectivity index (χ3n) is 11.9. The molecule has 1 fully saturated rings. The van der Waals surface area contributed by atoms with Crippen LogP contribution in [0, 0.1) is 20.8 Å². The van der Waals surface area contributed by atoms with Gasteiger partial charge in [0.15, 0.2) is 5.95 Å². The number of rotatable bonds is 22. The minimum Gasteiger partial charge on any atom is -0.352 e. The van der Waals surface area contributed by atoms with Gasteiger partial charge in [-0.1, -0.05) is 23.8 Å². The molecule has 0 saturated carbocycles. The Kier molecular flexibility index (Phi) is 21.1. The van der Waals surface area contributed by atoms with Crippen molar-refractivity contribution >= 4 is 87.2 Å². The molecule has 0 unspecified atom stereocenters. The van der Waals surface area contributed by atoms with Gasteiger partial charge in [0.1, 0.15) is 11.3 Å². The smallest absolute Gasteiger partial charge is 0.241 e. The number of sulfonamides is 1. The number of aromatic amines is 1.